The molecule has 0 aromatic carbocycles. The third-order valence-electron chi connectivity index (χ3n) is 3.12. The van der Waals surface area contributed by atoms with Gasteiger partial charge in [-0.1, -0.05) is 0 Å². The molecule has 6 nitrogen and oxygen atoms in total. The van der Waals surface area contributed by atoms with Crippen molar-refractivity contribution in [2.24, 2.45) is 0 Å². The summed E-state index contributed by atoms with van der Waals surface area (Å²) in [4.78, 5) is 17.6. The Morgan fingerprint density at radius 3 is 2.76 bits per heavy atom. The Labute approximate surface area is 100 Å². The average molecular weight is 234 g/mol. The van der Waals surface area contributed by atoms with Crippen LogP contribution in [0.2, 0.25) is 0 Å². The Morgan fingerprint density at radius 2 is 2.06 bits per heavy atom. The topological polar surface area (TPSA) is 69.7 Å². The zero-order valence-electron chi connectivity index (χ0n) is 10.7. The van der Waals surface area contributed by atoms with Crippen LogP contribution in [0.4, 0.5) is 5.82 Å². The van der Waals surface area contributed by atoms with Crippen molar-refractivity contribution in [2.75, 3.05) is 26.0 Å². The second kappa shape index (κ2) is 4.29. The highest BCUT2D eigenvalue weighted by Gasteiger charge is 2.20. The molecule has 0 fully saturated rings. The first-order valence-corrected chi connectivity index (χ1v) is 5.56. The predicted molar refractivity (Wildman–Crippen MR) is 67.9 cm³/mol. The van der Waals surface area contributed by atoms with E-state index in [1.54, 1.807) is 6.33 Å². The largest absolute Gasteiger partial charge is 0.366 e. The molecule has 92 valence electrons. The van der Waals surface area contributed by atoms with E-state index in [0.717, 1.165) is 17.9 Å². The molecule has 0 aliphatic carbocycles. The Bertz CT molecular complexity index is 501. The van der Waals surface area contributed by atoms with Gasteiger partial charge in [0, 0.05) is 12.1 Å². The van der Waals surface area contributed by atoms with Gasteiger partial charge in [0.2, 0.25) is 0 Å². The van der Waals surface area contributed by atoms with E-state index in [4.69, 9.17) is 0 Å². The fourth-order valence-corrected chi connectivity index (χ4v) is 1.36. The molecule has 0 spiro atoms. The lowest BCUT2D eigenvalue weighted by Crippen LogP contribution is -2.44. The van der Waals surface area contributed by atoms with Crippen LogP contribution in [0.5, 0.6) is 0 Å². The van der Waals surface area contributed by atoms with Gasteiger partial charge in [-0.25, -0.2) is 15.0 Å². The highest BCUT2D eigenvalue weighted by atomic mass is 15.2. The molecule has 6 heteroatoms. The molecule has 17 heavy (non-hydrogen) atoms. The minimum Gasteiger partial charge on any atom is -0.366 e. The fraction of sp³-hybridized carbons (Fsp3) is 0.545. The van der Waals surface area contributed by atoms with Gasteiger partial charge in [0.05, 0.1) is 6.33 Å². The second-order valence-electron chi connectivity index (χ2n) is 4.88. The SMILES string of the molecule is CN(C)C(C)(C)CNc1ncnc2nc[nH]c12. The summed E-state index contributed by atoms with van der Waals surface area (Å²) in [6.45, 7) is 5.14. The number of nitrogens with zero attached hydrogens (tertiary/aromatic N) is 4. The number of hydrogen-bond acceptors (Lipinski definition) is 5. The average Bonchev–Trinajstić information content (AvgIpc) is 2.74. The molecule has 0 unspecified atom stereocenters. The summed E-state index contributed by atoms with van der Waals surface area (Å²) in [7, 11) is 4.13. The molecule has 0 aliphatic heterocycles. The summed E-state index contributed by atoms with van der Waals surface area (Å²) in [5.41, 5.74) is 1.59. The molecule has 0 aliphatic rings. The number of imidazole rings is 1. The van der Waals surface area contributed by atoms with Crippen molar-refractivity contribution in [2.45, 2.75) is 19.4 Å². The molecular weight excluding hydrogens is 216 g/mol. The molecule has 0 bridgehead atoms. The summed E-state index contributed by atoms with van der Waals surface area (Å²) in [5, 5.41) is 3.33. The van der Waals surface area contributed by atoms with Gasteiger partial charge in [-0.05, 0) is 27.9 Å². The van der Waals surface area contributed by atoms with Gasteiger partial charge >= 0.3 is 0 Å². The van der Waals surface area contributed by atoms with Gasteiger partial charge in [0.1, 0.15) is 11.8 Å². The van der Waals surface area contributed by atoms with Gasteiger partial charge in [-0.15, -0.1) is 0 Å². The molecular formula is C11H18N6. The van der Waals surface area contributed by atoms with E-state index < -0.39 is 0 Å². The summed E-state index contributed by atoms with van der Waals surface area (Å²) in [5.74, 6) is 0.794. The minimum atomic E-state index is 0.0529. The van der Waals surface area contributed by atoms with Crippen LogP contribution in [0.3, 0.4) is 0 Å². The summed E-state index contributed by atoms with van der Waals surface area (Å²) in [6.07, 6.45) is 3.15. The number of aromatic nitrogens is 4. The Hall–Kier alpha value is -1.69. The van der Waals surface area contributed by atoms with Crippen molar-refractivity contribution in [1.82, 2.24) is 24.8 Å². The van der Waals surface area contributed by atoms with Crippen molar-refractivity contribution in [3.63, 3.8) is 0 Å². The number of anilines is 1. The van der Waals surface area contributed by atoms with Crippen molar-refractivity contribution >= 4 is 17.0 Å². The van der Waals surface area contributed by atoms with E-state index in [0.29, 0.717) is 5.65 Å². The lowest BCUT2D eigenvalue weighted by molar-refractivity contribution is 0.210. The number of rotatable bonds is 4. The van der Waals surface area contributed by atoms with E-state index in [2.05, 4.69) is 58.1 Å². The highest BCUT2D eigenvalue weighted by Crippen LogP contribution is 2.17. The second-order valence-corrected chi connectivity index (χ2v) is 4.88. The van der Waals surface area contributed by atoms with Crippen molar-refractivity contribution in [3.05, 3.63) is 12.7 Å². The number of hydrogen-bond donors (Lipinski definition) is 2. The Balaban J connectivity index is 2.17. The van der Waals surface area contributed by atoms with Crippen LogP contribution in [-0.2, 0) is 0 Å². The normalized spacial score (nSPS) is 12.3. The van der Waals surface area contributed by atoms with Crippen molar-refractivity contribution < 1.29 is 0 Å². The monoisotopic (exact) mass is 234 g/mol. The number of fused-ring (bicyclic) bond motifs is 1. The lowest BCUT2D eigenvalue weighted by atomic mass is 10.0. The van der Waals surface area contributed by atoms with Crippen LogP contribution in [0, 0.1) is 0 Å². The van der Waals surface area contributed by atoms with E-state index in [1.165, 1.54) is 6.33 Å². The number of aromatic amines is 1. The van der Waals surface area contributed by atoms with Crippen LogP contribution in [0.1, 0.15) is 13.8 Å². The maximum absolute atomic E-state index is 4.23. The molecule has 0 saturated carbocycles. The zero-order valence-corrected chi connectivity index (χ0v) is 10.7. The van der Waals surface area contributed by atoms with Crippen LogP contribution >= 0.6 is 0 Å². The fourth-order valence-electron chi connectivity index (χ4n) is 1.36. The zero-order chi connectivity index (χ0) is 12.5. The molecule has 2 aromatic rings. The standard InChI is InChI=1S/C11H18N6/c1-11(2,17(3)4)5-12-9-8-10(14-6-13-8)16-7-15-9/h6-7H,5H2,1-4H3,(H2,12,13,14,15,16). The summed E-state index contributed by atoms with van der Waals surface area (Å²) in [6, 6.07) is 0. The maximum atomic E-state index is 4.23. The van der Waals surface area contributed by atoms with E-state index >= 15 is 0 Å². The maximum Gasteiger partial charge on any atom is 0.182 e. The minimum absolute atomic E-state index is 0.0529. The van der Waals surface area contributed by atoms with Crippen molar-refractivity contribution in [1.29, 1.82) is 0 Å². The van der Waals surface area contributed by atoms with Gasteiger partial charge in [-0.3, -0.25) is 0 Å². The van der Waals surface area contributed by atoms with Gasteiger partial charge in [-0.2, -0.15) is 0 Å². The van der Waals surface area contributed by atoms with Crippen molar-refractivity contribution in [3.8, 4) is 0 Å². The Kier molecular flexibility index (Phi) is 2.97. The van der Waals surface area contributed by atoms with Gasteiger partial charge in [0.15, 0.2) is 11.5 Å². The van der Waals surface area contributed by atoms with Gasteiger partial charge < -0.3 is 15.2 Å². The van der Waals surface area contributed by atoms with Crippen LogP contribution in [-0.4, -0.2) is 51.0 Å². The molecule has 0 saturated heterocycles. The number of likely N-dealkylation sites (N-methyl/N-ethyl adjacent to an activating group) is 1. The summed E-state index contributed by atoms with van der Waals surface area (Å²) < 4.78 is 0. The molecule has 0 radical (unpaired) electrons. The van der Waals surface area contributed by atoms with Crippen LogP contribution in [0.15, 0.2) is 12.7 Å². The van der Waals surface area contributed by atoms with E-state index in [1.807, 2.05) is 0 Å². The third kappa shape index (κ3) is 2.36. The first-order chi connectivity index (χ1) is 8.00. The number of nitrogens with one attached hydrogen (secondary N) is 2. The van der Waals surface area contributed by atoms with Crippen LogP contribution < -0.4 is 5.32 Å². The first-order valence-electron chi connectivity index (χ1n) is 5.56. The van der Waals surface area contributed by atoms with E-state index in [-0.39, 0.29) is 5.54 Å². The molecule has 2 rings (SSSR count). The lowest BCUT2D eigenvalue weighted by Gasteiger charge is -2.32. The van der Waals surface area contributed by atoms with Gasteiger partial charge in [0.25, 0.3) is 0 Å². The number of H-pyrrole nitrogens is 1. The first kappa shape index (κ1) is 11.8. The van der Waals surface area contributed by atoms with Crippen LogP contribution in [0.25, 0.3) is 11.2 Å². The third-order valence-corrected chi connectivity index (χ3v) is 3.12. The molecule has 2 heterocycles. The molecule has 2 N–H and O–H groups in total. The molecule has 0 atom stereocenters. The highest BCUT2D eigenvalue weighted by molar-refractivity contribution is 5.81. The summed E-state index contributed by atoms with van der Waals surface area (Å²) >= 11 is 0. The Morgan fingerprint density at radius 1 is 1.29 bits per heavy atom. The molecule has 0 amide bonds. The molecule has 2 aromatic heterocycles. The van der Waals surface area contributed by atoms with E-state index in [9.17, 15) is 0 Å². The smallest absolute Gasteiger partial charge is 0.182 e. The predicted octanol–water partition coefficient (Wildman–Crippen LogP) is 1.10. The quantitative estimate of drug-likeness (QED) is 0.829.